The van der Waals surface area contributed by atoms with Crippen molar-refractivity contribution in [3.8, 4) is 5.75 Å². The van der Waals surface area contributed by atoms with Gasteiger partial charge in [-0.3, -0.25) is 4.79 Å². The maximum atomic E-state index is 11.7. The van der Waals surface area contributed by atoms with Crippen molar-refractivity contribution in [2.75, 3.05) is 6.54 Å². The molecule has 0 atom stereocenters. The van der Waals surface area contributed by atoms with Crippen molar-refractivity contribution in [3.63, 3.8) is 0 Å². The van der Waals surface area contributed by atoms with Crippen LogP contribution < -0.4 is 10.1 Å². The zero-order valence-electron chi connectivity index (χ0n) is 15.3. The van der Waals surface area contributed by atoms with Gasteiger partial charge in [-0.25, -0.2) is 0 Å². The predicted molar refractivity (Wildman–Crippen MR) is 105 cm³/mol. The topological polar surface area (TPSA) is 54.1 Å². The molecule has 26 heavy (non-hydrogen) atoms. The number of rotatable bonds is 9. The fourth-order valence-corrected chi connectivity index (χ4v) is 2.97. The van der Waals surface area contributed by atoms with Crippen LogP contribution in [0.15, 0.2) is 54.7 Å². The highest BCUT2D eigenvalue weighted by Crippen LogP contribution is 2.24. The van der Waals surface area contributed by atoms with Gasteiger partial charge in [-0.2, -0.15) is 0 Å². The number of aromatic amines is 1. The lowest BCUT2D eigenvalue weighted by Gasteiger charge is -2.07. The quantitative estimate of drug-likeness (QED) is 0.593. The molecule has 4 heteroatoms. The Labute approximate surface area is 154 Å². The van der Waals surface area contributed by atoms with Crippen LogP contribution in [0.25, 0.3) is 10.9 Å². The van der Waals surface area contributed by atoms with E-state index in [1.54, 1.807) is 0 Å². The summed E-state index contributed by atoms with van der Waals surface area (Å²) < 4.78 is 5.88. The maximum Gasteiger partial charge on any atom is 0.220 e. The molecule has 2 N–H and O–H groups in total. The molecular weight excluding hydrogens is 324 g/mol. The lowest BCUT2D eigenvalue weighted by atomic mass is 10.1. The summed E-state index contributed by atoms with van der Waals surface area (Å²) >= 11 is 0. The molecule has 0 fully saturated rings. The van der Waals surface area contributed by atoms with E-state index in [1.807, 2.05) is 36.5 Å². The van der Waals surface area contributed by atoms with E-state index in [0.29, 0.717) is 19.6 Å². The normalized spacial score (nSPS) is 10.8. The van der Waals surface area contributed by atoms with Crippen molar-refractivity contribution in [2.45, 2.75) is 39.2 Å². The average Bonchev–Trinajstić information content (AvgIpc) is 3.08. The first-order valence-electron chi connectivity index (χ1n) is 9.29. The number of carbonyl (C=O) groups is 1. The van der Waals surface area contributed by atoms with Gasteiger partial charge in [0.25, 0.3) is 0 Å². The molecule has 1 heterocycles. The summed E-state index contributed by atoms with van der Waals surface area (Å²) in [7, 11) is 0. The molecule has 0 saturated carbocycles. The van der Waals surface area contributed by atoms with E-state index in [2.05, 4.69) is 35.4 Å². The van der Waals surface area contributed by atoms with Gasteiger partial charge in [-0.1, -0.05) is 43.7 Å². The highest BCUT2D eigenvalue weighted by atomic mass is 16.5. The third-order valence-corrected chi connectivity index (χ3v) is 4.46. The lowest BCUT2D eigenvalue weighted by molar-refractivity contribution is -0.121. The highest BCUT2D eigenvalue weighted by molar-refractivity contribution is 5.84. The van der Waals surface area contributed by atoms with Crippen molar-refractivity contribution in [1.29, 1.82) is 0 Å². The second-order valence-electron chi connectivity index (χ2n) is 6.50. The Kier molecular flexibility index (Phi) is 6.31. The molecule has 2 aromatic carbocycles. The summed E-state index contributed by atoms with van der Waals surface area (Å²) in [6.07, 6.45) is 5.45. The second kappa shape index (κ2) is 9.09. The number of nitrogens with one attached hydrogen (secondary N) is 2. The molecular formula is C22H26N2O2. The molecule has 0 aliphatic carbocycles. The molecule has 4 nitrogen and oxygen atoms in total. The van der Waals surface area contributed by atoms with E-state index in [1.165, 1.54) is 10.9 Å². The van der Waals surface area contributed by atoms with Crippen molar-refractivity contribution in [2.24, 2.45) is 0 Å². The number of amides is 1. The van der Waals surface area contributed by atoms with Crippen LogP contribution in [-0.2, 0) is 17.8 Å². The minimum atomic E-state index is 0.142. The minimum Gasteiger partial charge on any atom is -0.489 e. The summed E-state index contributed by atoms with van der Waals surface area (Å²) in [6.45, 7) is 3.32. The van der Waals surface area contributed by atoms with Gasteiger partial charge in [0, 0.05) is 36.1 Å². The van der Waals surface area contributed by atoms with Crippen molar-refractivity contribution in [3.05, 3.63) is 65.9 Å². The Balaban J connectivity index is 1.56. The molecule has 1 amide bonds. The molecule has 1 aromatic heterocycles. The summed E-state index contributed by atoms with van der Waals surface area (Å²) in [5, 5.41) is 4.17. The lowest BCUT2D eigenvalue weighted by Crippen LogP contribution is -2.25. The number of hydrogen-bond acceptors (Lipinski definition) is 2. The Morgan fingerprint density at radius 2 is 2.00 bits per heavy atom. The van der Waals surface area contributed by atoms with Crippen molar-refractivity contribution in [1.82, 2.24) is 10.3 Å². The van der Waals surface area contributed by atoms with Crippen LogP contribution in [0.5, 0.6) is 5.75 Å². The Morgan fingerprint density at radius 1 is 1.15 bits per heavy atom. The first-order valence-corrected chi connectivity index (χ1v) is 9.29. The molecule has 3 rings (SSSR count). The van der Waals surface area contributed by atoms with Gasteiger partial charge in [0.15, 0.2) is 0 Å². The van der Waals surface area contributed by atoms with Crippen molar-refractivity contribution < 1.29 is 9.53 Å². The number of carbonyl (C=O) groups excluding carboxylic acids is 1. The fraction of sp³-hybridized carbons (Fsp3) is 0.318. The SMILES string of the molecule is CCCCC(=O)NCCc1c[nH]c2cc(OCc3ccccc3)ccc12. The molecule has 0 bridgehead atoms. The summed E-state index contributed by atoms with van der Waals surface area (Å²) in [6, 6.07) is 16.3. The van der Waals surface area contributed by atoms with E-state index in [4.69, 9.17) is 4.74 Å². The number of benzene rings is 2. The van der Waals surface area contributed by atoms with Crippen LogP contribution >= 0.6 is 0 Å². The monoisotopic (exact) mass is 350 g/mol. The van der Waals surface area contributed by atoms with Crippen LogP contribution in [0.3, 0.4) is 0 Å². The molecule has 0 unspecified atom stereocenters. The van der Waals surface area contributed by atoms with Gasteiger partial charge in [-0.05, 0) is 36.1 Å². The van der Waals surface area contributed by atoms with Gasteiger partial charge >= 0.3 is 0 Å². The Bertz CT molecular complexity index is 840. The predicted octanol–water partition coefficient (Wildman–Crippen LogP) is 4.60. The number of fused-ring (bicyclic) bond motifs is 1. The summed E-state index contributed by atoms with van der Waals surface area (Å²) in [4.78, 5) is 15.0. The van der Waals surface area contributed by atoms with E-state index in [0.717, 1.165) is 36.1 Å². The number of H-pyrrole nitrogens is 1. The Hall–Kier alpha value is -2.75. The van der Waals surface area contributed by atoms with Crippen LogP contribution in [0.4, 0.5) is 0 Å². The molecule has 3 aromatic rings. The Morgan fingerprint density at radius 3 is 2.81 bits per heavy atom. The van der Waals surface area contributed by atoms with Crippen LogP contribution in [0.1, 0.15) is 37.3 Å². The zero-order valence-corrected chi connectivity index (χ0v) is 15.3. The first kappa shape index (κ1) is 18.1. The zero-order chi connectivity index (χ0) is 18.2. The molecule has 0 aliphatic heterocycles. The highest BCUT2D eigenvalue weighted by Gasteiger charge is 2.06. The molecule has 0 spiro atoms. The molecule has 0 saturated heterocycles. The second-order valence-corrected chi connectivity index (χ2v) is 6.50. The maximum absolute atomic E-state index is 11.7. The van der Waals surface area contributed by atoms with Crippen molar-refractivity contribution >= 4 is 16.8 Å². The average molecular weight is 350 g/mol. The molecule has 0 aliphatic rings. The van der Waals surface area contributed by atoms with E-state index >= 15 is 0 Å². The third kappa shape index (κ3) is 4.88. The van der Waals surface area contributed by atoms with E-state index in [9.17, 15) is 4.79 Å². The number of aromatic nitrogens is 1. The van der Waals surface area contributed by atoms with Gasteiger partial charge < -0.3 is 15.0 Å². The number of unbranched alkanes of at least 4 members (excludes halogenated alkanes) is 1. The largest absolute Gasteiger partial charge is 0.489 e. The molecule has 136 valence electrons. The van der Waals surface area contributed by atoms with Gasteiger partial charge in [0.2, 0.25) is 5.91 Å². The van der Waals surface area contributed by atoms with E-state index in [-0.39, 0.29) is 5.91 Å². The summed E-state index contributed by atoms with van der Waals surface area (Å²) in [5.74, 6) is 0.992. The molecule has 0 radical (unpaired) electrons. The smallest absolute Gasteiger partial charge is 0.220 e. The number of ether oxygens (including phenoxy) is 1. The fourth-order valence-electron chi connectivity index (χ4n) is 2.97. The number of hydrogen-bond donors (Lipinski definition) is 2. The van der Waals surface area contributed by atoms with Gasteiger partial charge in [0.05, 0.1) is 0 Å². The standard InChI is InChI=1S/C22H26N2O2/c1-2-3-9-22(25)23-13-12-18-15-24-21-14-19(10-11-20(18)21)26-16-17-7-5-4-6-8-17/h4-8,10-11,14-15,24H,2-3,9,12-13,16H2,1H3,(H,23,25). The van der Waals surface area contributed by atoms with Gasteiger partial charge in [0.1, 0.15) is 12.4 Å². The third-order valence-electron chi connectivity index (χ3n) is 4.46. The summed E-state index contributed by atoms with van der Waals surface area (Å²) in [5.41, 5.74) is 3.42. The first-order chi connectivity index (χ1) is 12.8. The van der Waals surface area contributed by atoms with Crippen LogP contribution in [-0.4, -0.2) is 17.4 Å². The minimum absolute atomic E-state index is 0.142. The van der Waals surface area contributed by atoms with Gasteiger partial charge in [-0.15, -0.1) is 0 Å². The van der Waals surface area contributed by atoms with Crippen LogP contribution in [0.2, 0.25) is 0 Å². The van der Waals surface area contributed by atoms with E-state index < -0.39 is 0 Å². The van der Waals surface area contributed by atoms with Crippen LogP contribution in [0, 0.1) is 0 Å².